The second kappa shape index (κ2) is 21.1. The van der Waals surface area contributed by atoms with Gasteiger partial charge in [0.1, 0.15) is 29.9 Å². The van der Waals surface area contributed by atoms with Crippen molar-refractivity contribution in [2.24, 2.45) is 22.9 Å². The summed E-state index contributed by atoms with van der Waals surface area (Å²) >= 11 is 0. The monoisotopic (exact) mass is 891 g/mol. The first kappa shape index (κ1) is 45.9. The maximum atomic E-state index is 14.5. The molecule has 3 aliphatic rings. The van der Waals surface area contributed by atoms with Crippen LogP contribution in [0.1, 0.15) is 67.6 Å². The van der Waals surface area contributed by atoms with Crippen LogP contribution in [0.5, 0.6) is 17.2 Å². The molecule has 342 valence electrons. The summed E-state index contributed by atoms with van der Waals surface area (Å²) in [4.78, 5) is 33.2. The number of benzene rings is 5. The molecule has 5 aromatic rings. The van der Waals surface area contributed by atoms with Gasteiger partial charge in [0.2, 0.25) is 11.7 Å². The van der Waals surface area contributed by atoms with Crippen molar-refractivity contribution in [1.29, 1.82) is 0 Å². The van der Waals surface area contributed by atoms with Crippen molar-refractivity contribution in [1.82, 2.24) is 4.90 Å². The average Bonchev–Trinajstić information content (AvgIpc) is 3.34. The molecule has 2 aliphatic carbocycles. The highest BCUT2D eigenvalue weighted by Gasteiger charge is 2.65. The lowest BCUT2D eigenvalue weighted by atomic mass is 9.55. The predicted octanol–water partition coefficient (Wildman–Crippen LogP) is 10.5. The van der Waals surface area contributed by atoms with Crippen LogP contribution in [0.4, 0.5) is 5.69 Å². The van der Waals surface area contributed by atoms with Gasteiger partial charge in [-0.3, -0.25) is 14.9 Å². The number of nitro benzene ring substituents is 1. The molecule has 8 rings (SSSR count). The van der Waals surface area contributed by atoms with Crippen LogP contribution in [0.15, 0.2) is 151 Å². The number of rotatable bonds is 20. The van der Waals surface area contributed by atoms with Gasteiger partial charge in [0, 0.05) is 56.4 Å². The number of aliphatic hydroxyl groups is 2. The van der Waals surface area contributed by atoms with Gasteiger partial charge in [-0.1, -0.05) is 90.8 Å². The van der Waals surface area contributed by atoms with E-state index in [0.717, 1.165) is 53.2 Å². The molecule has 1 amide bonds. The van der Waals surface area contributed by atoms with E-state index in [-0.39, 0.29) is 62.2 Å². The zero-order chi connectivity index (χ0) is 46.0. The number of allylic oxidation sites excluding steroid dienone is 1. The van der Waals surface area contributed by atoms with Crippen LogP contribution in [0.25, 0.3) is 16.8 Å². The van der Waals surface area contributed by atoms with Crippen LogP contribution in [-0.4, -0.2) is 70.4 Å². The molecule has 0 unspecified atom stereocenters. The number of nitrogens with zero attached hydrogens (tertiary/aromatic N) is 3. The number of non-ortho nitro benzene ring substituents is 1. The number of amides is 1. The highest BCUT2D eigenvalue weighted by Crippen LogP contribution is 2.62. The zero-order valence-electron chi connectivity index (χ0n) is 37.2. The molecule has 12 heteroatoms. The van der Waals surface area contributed by atoms with Crippen LogP contribution < -0.4 is 9.47 Å². The van der Waals surface area contributed by atoms with E-state index in [1.165, 1.54) is 18.2 Å². The summed E-state index contributed by atoms with van der Waals surface area (Å²) in [5.41, 5.74) is 4.09. The second-order valence-electron chi connectivity index (χ2n) is 17.3. The largest absolute Gasteiger partial charge is 0.459 e. The van der Waals surface area contributed by atoms with Crippen LogP contribution in [-0.2, 0) is 21.0 Å². The van der Waals surface area contributed by atoms with Gasteiger partial charge in [-0.25, -0.2) is 0 Å². The van der Waals surface area contributed by atoms with Gasteiger partial charge in [0.25, 0.3) is 5.69 Å². The number of nitro groups is 1. The Kier molecular flexibility index (Phi) is 14.7. The summed E-state index contributed by atoms with van der Waals surface area (Å²) in [5, 5.41) is 38.3. The second-order valence-corrected chi connectivity index (χ2v) is 17.3. The number of hydrogen-bond donors (Lipinski definition) is 2. The molecule has 0 aromatic heterocycles. The van der Waals surface area contributed by atoms with Crippen molar-refractivity contribution < 1.29 is 39.0 Å². The molecule has 0 saturated heterocycles. The van der Waals surface area contributed by atoms with Crippen LogP contribution in [0.2, 0.25) is 0 Å². The topological polar surface area (TPSA) is 153 Å². The van der Waals surface area contributed by atoms with Gasteiger partial charge in [-0.05, 0) is 114 Å². The minimum absolute atomic E-state index is 0.0301. The maximum absolute atomic E-state index is 14.5. The lowest BCUT2D eigenvalue weighted by Crippen LogP contribution is -2.69. The summed E-state index contributed by atoms with van der Waals surface area (Å²) in [5.74, 6) is -0.468. The third-order valence-corrected chi connectivity index (χ3v) is 13.2. The number of ether oxygens (including phenoxy) is 3. The van der Waals surface area contributed by atoms with Gasteiger partial charge in [0.05, 0.1) is 23.2 Å². The van der Waals surface area contributed by atoms with Crippen molar-refractivity contribution in [2.75, 3.05) is 26.9 Å². The first-order chi connectivity index (χ1) is 32.2. The Labute approximate surface area is 385 Å². The molecule has 0 bridgehead atoms. The zero-order valence-corrected chi connectivity index (χ0v) is 37.2. The number of hydrogen-bond acceptors (Lipinski definition) is 10. The SMILES string of the molecule is C=CCO[C@@]12Oc3ccc(Oc4ccc5ccccc5c4)cc3[C@H]3[C@H](CCCCO)[C@@H](CCCCO)C=C(C(=NOCc4ccccc4)C[C@@H]1N(C)C(=O)C=Cc1ccc([N+](=O)[O-])cc1)[C@H]32. The van der Waals surface area contributed by atoms with E-state index in [1.54, 1.807) is 36.2 Å². The summed E-state index contributed by atoms with van der Waals surface area (Å²) in [7, 11) is 1.73. The van der Waals surface area contributed by atoms with Crippen LogP contribution in [0.3, 0.4) is 0 Å². The van der Waals surface area contributed by atoms with Gasteiger partial charge in [-0.2, -0.15) is 0 Å². The Bertz CT molecular complexity index is 2590. The summed E-state index contributed by atoms with van der Waals surface area (Å²) in [6, 6.07) is 35.2. The summed E-state index contributed by atoms with van der Waals surface area (Å²) in [6.45, 7) is 4.55. The quantitative estimate of drug-likeness (QED) is 0.0256. The maximum Gasteiger partial charge on any atom is 0.269 e. The molecule has 2 N–H and O–H groups in total. The van der Waals surface area contributed by atoms with E-state index < -0.39 is 22.7 Å². The minimum atomic E-state index is -1.44. The normalized spacial score (nSPS) is 22.5. The highest BCUT2D eigenvalue weighted by atomic mass is 16.7. The predicted molar refractivity (Wildman–Crippen MR) is 255 cm³/mol. The number of aliphatic hydroxyl groups excluding tert-OH is 2. The van der Waals surface area contributed by atoms with E-state index in [0.29, 0.717) is 41.4 Å². The molecular weight excluding hydrogens is 835 g/mol. The summed E-state index contributed by atoms with van der Waals surface area (Å²) < 4.78 is 21.0. The standard InChI is InChI=1S/C54H57N3O9/c1-3-31-63-54-50(56(2)51(60)28-21-37-19-23-42(24-20-37)57(61)62)35-48(55-64-36-38-13-5-4-6-14-38)46-33-41(17-9-11-29-58)45(18-10-12-30-59)52(53(46)54)47-34-44(26-27-49(47)66-54)65-43-25-22-39-15-7-8-16-40(39)32-43/h3-8,13-16,19-28,32-34,41,45,50,52-53,58-59H,1,9-12,17-18,29-31,35-36H2,2H3/t41-,45+,50-,52+,53+,54+/m0/s1. The molecule has 1 fully saturated rings. The molecule has 5 aromatic carbocycles. The Morgan fingerprint density at radius 3 is 2.36 bits per heavy atom. The Morgan fingerprint density at radius 1 is 0.909 bits per heavy atom. The molecular formula is C54H57N3O9. The Morgan fingerprint density at radius 2 is 1.62 bits per heavy atom. The highest BCUT2D eigenvalue weighted by molar-refractivity contribution is 6.03. The van der Waals surface area contributed by atoms with E-state index in [9.17, 15) is 25.1 Å². The van der Waals surface area contributed by atoms with Gasteiger partial charge in [0.15, 0.2) is 0 Å². The van der Waals surface area contributed by atoms with Crippen LogP contribution in [0, 0.1) is 27.9 Å². The summed E-state index contributed by atoms with van der Waals surface area (Å²) in [6.07, 6.45) is 11.8. The molecule has 6 atom stereocenters. The fraction of sp³-hybridized carbons (Fsp3) is 0.333. The number of fused-ring (bicyclic) bond motifs is 3. The lowest BCUT2D eigenvalue weighted by molar-refractivity contribution is -0.384. The Hall–Kier alpha value is -6.60. The van der Waals surface area contributed by atoms with Gasteiger partial charge >= 0.3 is 0 Å². The van der Waals surface area contributed by atoms with Crippen molar-refractivity contribution in [3.63, 3.8) is 0 Å². The van der Waals surface area contributed by atoms with E-state index in [2.05, 4.69) is 30.9 Å². The first-order valence-corrected chi connectivity index (χ1v) is 22.8. The fourth-order valence-corrected chi connectivity index (χ4v) is 10.1. The third-order valence-electron chi connectivity index (χ3n) is 13.2. The smallest absolute Gasteiger partial charge is 0.269 e. The van der Waals surface area contributed by atoms with Crippen molar-refractivity contribution in [3.8, 4) is 17.2 Å². The van der Waals surface area contributed by atoms with Crippen LogP contribution >= 0.6 is 0 Å². The number of likely N-dealkylation sites (N-methyl/N-ethyl adjacent to an activating group) is 1. The third kappa shape index (κ3) is 9.96. The lowest BCUT2D eigenvalue weighted by Gasteiger charge is -2.59. The molecule has 0 spiro atoms. The average molecular weight is 892 g/mol. The van der Waals surface area contributed by atoms with Gasteiger partial charge in [-0.15, -0.1) is 6.58 Å². The molecule has 0 radical (unpaired) electrons. The minimum Gasteiger partial charge on any atom is -0.459 e. The van der Waals surface area contributed by atoms with Crippen molar-refractivity contribution in [2.45, 2.75) is 69.3 Å². The number of unbranched alkanes of at least 4 members (excludes halogenated alkanes) is 2. The van der Waals surface area contributed by atoms with Gasteiger partial charge < -0.3 is 34.2 Å². The van der Waals surface area contributed by atoms with E-state index >= 15 is 0 Å². The van der Waals surface area contributed by atoms with E-state index in [4.69, 9.17) is 24.2 Å². The number of oxime groups is 1. The fourth-order valence-electron chi connectivity index (χ4n) is 10.1. The van der Waals surface area contributed by atoms with Crippen molar-refractivity contribution in [3.05, 3.63) is 172 Å². The molecule has 12 nitrogen and oxygen atoms in total. The molecule has 1 saturated carbocycles. The first-order valence-electron chi connectivity index (χ1n) is 22.8. The van der Waals surface area contributed by atoms with Crippen molar-refractivity contribution >= 4 is 34.2 Å². The number of carbonyl (C=O) groups excluding carboxylic acids is 1. The van der Waals surface area contributed by atoms with E-state index in [1.807, 2.05) is 72.8 Å². The molecule has 66 heavy (non-hydrogen) atoms. The molecule has 1 aliphatic heterocycles. The Balaban J connectivity index is 1.27. The molecule has 1 heterocycles. The number of carbonyl (C=O) groups is 1.